The summed E-state index contributed by atoms with van der Waals surface area (Å²) in [6.45, 7) is 10.1. The Balaban J connectivity index is 4.80. The lowest BCUT2D eigenvalue weighted by Crippen LogP contribution is -2.37. The van der Waals surface area contributed by atoms with E-state index in [1.807, 2.05) is 0 Å². The van der Waals surface area contributed by atoms with Crippen molar-refractivity contribution in [3.8, 4) is 0 Å². The van der Waals surface area contributed by atoms with Gasteiger partial charge in [-0.05, 0) is 53.7 Å². The Morgan fingerprint density at radius 2 is 1.06 bits per heavy atom. The highest BCUT2D eigenvalue weighted by Gasteiger charge is 2.32. The van der Waals surface area contributed by atoms with Crippen LogP contribution >= 0.6 is 0 Å². The predicted octanol–water partition coefficient (Wildman–Crippen LogP) is 3.28. The highest BCUT2D eigenvalue weighted by Crippen LogP contribution is 2.22. The Hall–Kier alpha value is -0.760. The van der Waals surface area contributed by atoms with E-state index in [4.69, 9.17) is 20.3 Å². The van der Waals surface area contributed by atoms with Gasteiger partial charge in [-0.3, -0.25) is 0 Å². The maximum Gasteiger partial charge on any atom is 0.249 e. The van der Waals surface area contributed by atoms with Crippen LogP contribution in [0.1, 0.15) is 41.5 Å². The Morgan fingerprint density at radius 1 is 0.778 bits per heavy atom. The molecule has 0 aliphatic carbocycles. The summed E-state index contributed by atoms with van der Waals surface area (Å²) >= 11 is 0. The fraction of sp³-hybridized carbons (Fsp3) is 0.667. The van der Waals surface area contributed by atoms with Crippen LogP contribution in [0.5, 0.6) is 0 Å². The van der Waals surface area contributed by atoms with Crippen LogP contribution in [0.25, 0.3) is 0 Å². The van der Waals surface area contributed by atoms with Gasteiger partial charge < -0.3 is 0 Å². The van der Waals surface area contributed by atoms with Crippen molar-refractivity contribution < 1.29 is 30.1 Å². The second-order valence-electron chi connectivity index (χ2n) is 4.82. The SMILES string of the molecule is CC(C)=CC(C)(OO)OOC(C)(C=C(C)C)OO. The van der Waals surface area contributed by atoms with Gasteiger partial charge in [-0.2, -0.15) is 19.6 Å². The van der Waals surface area contributed by atoms with Crippen LogP contribution in [0, 0.1) is 0 Å². The molecule has 0 saturated heterocycles. The summed E-state index contributed by atoms with van der Waals surface area (Å²) in [5.41, 5.74) is 1.70. The Labute approximate surface area is 107 Å². The van der Waals surface area contributed by atoms with Crippen molar-refractivity contribution in [3.63, 3.8) is 0 Å². The van der Waals surface area contributed by atoms with E-state index < -0.39 is 11.6 Å². The van der Waals surface area contributed by atoms with Crippen molar-refractivity contribution >= 4 is 0 Å². The van der Waals surface area contributed by atoms with Gasteiger partial charge in [-0.15, -0.1) is 0 Å². The normalized spacial score (nSPS) is 17.6. The molecule has 0 fully saturated rings. The summed E-state index contributed by atoms with van der Waals surface area (Å²) in [6, 6.07) is 0. The third kappa shape index (κ3) is 6.25. The van der Waals surface area contributed by atoms with Crippen LogP contribution in [-0.4, -0.2) is 22.1 Å². The monoisotopic (exact) mass is 262 g/mol. The molecule has 0 spiro atoms. The van der Waals surface area contributed by atoms with Crippen LogP contribution in [-0.2, 0) is 19.6 Å². The van der Waals surface area contributed by atoms with E-state index in [0.29, 0.717) is 0 Å². The van der Waals surface area contributed by atoms with E-state index >= 15 is 0 Å². The Kier molecular flexibility index (Phi) is 6.69. The minimum Gasteiger partial charge on any atom is -0.248 e. The smallest absolute Gasteiger partial charge is 0.248 e. The molecular weight excluding hydrogens is 240 g/mol. The molecule has 0 amide bonds. The zero-order valence-corrected chi connectivity index (χ0v) is 11.7. The zero-order chi connectivity index (χ0) is 14.4. The van der Waals surface area contributed by atoms with Gasteiger partial charge in [0.2, 0.25) is 11.6 Å². The second-order valence-corrected chi connectivity index (χ2v) is 4.82. The number of hydrogen-bond donors (Lipinski definition) is 2. The van der Waals surface area contributed by atoms with E-state index in [0.717, 1.165) is 11.1 Å². The summed E-state index contributed by atoms with van der Waals surface area (Å²) in [5.74, 6) is -2.98. The third-order valence-corrected chi connectivity index (χ3v) is 1.84. The standard InChI is InChI=1S/C12H22O6/c1-9(2)7-11(5,15-13)17-18-12(6,16-14)8-10(3)4/h7-8,13-14H,1-6H3. The van der Waals surface area contributed by atoms with Gasteiger partial charge in [-0.25, -0.2) is 10.5 Å². The molecule has 0 aliphatic heterocycles. The van der Waals surface area contributed by atoms with Crippen molar-refractivity contribution in [2.75, 3.05) is 0 Å². The van der Waals surface area contributed by atoms with Crippen molar-refractivity contribution in [2.24, 2.45) is 0 Å². The molecule has 106 valence electrons. The molecule has 6 heteroatoms. The van der Waals surface area contributed by atoms with E-state index in [2.05, 4.69) is 9.78 Å². The van der Waals surface area contributed by atoms with E-state index in [9.17, 15) is 0 Å². The van der Waals surface area contributed by atoms with Gasteiger partial charge in [0, 0.05) is 0 Å². The lowest BCUT2D eigenvalue weighted by atomic mass is 10.2. The van der Waals surface area contributed by atoms with Gasteiger partial charge in [-0.1, -0.05) is 11.1 Å². The van der Waals surface area contributed by atoms with Crippen LogP contribution in [0.3, 0.4) is 0 Å². The lowest BCUT2D eigenvalue weighted by molar-refractivity contribution is -0.545. The molecule has 0 radical (unpaired) electrons. The summed E-state index contributed by atoms with van der Waals surface area (Å²) < 4.78 is 0. The quantitative estimate of drug-likeness (QED) is 0.317. The van der Waals surface area contributed by atoms with Gasteiger partial charge >= 0.3 is 0 Å². The van der Waals surface area contributed by atoms with Crippen LogP contribution in [0.4, 0.5) is 0 Å². The van der Waals surface area contributed by atoms with Gasteiger partial charge in [0.05, 0.1) is 0 Å². The highest BCUT2D eigenvalue weighted by atomic mass is 17.3. The molecule has 2 N–H and O–H groups in total. The number of rotatable bonds is 7. The van der Waals surface area contributed by atoms with Crippen molar-refractivity contribution in [1.29, 1.82) is 0 Å². The molecule has 0 saturated carbocycles. The fourth-order valence-corrected chi connectivity index (χ4v) is 1.35. The number of allylic oxidation sites excluding steroid dienone is 2. The van der Waals surface area contributed by atoms with Crippen LogP contribution < -0.4 is 0 Å². The molecule has 0 bridgehead atoms. The highest BCUT2D eigenvalue weighted by molar-refractivity contribution is 5.02. The Bertz CT molecular complexity index is 285. The molecule has 2 unspecified atom stereocenters. The molecule has 0 heterocycles. The zero-order valence-electron chi connectivity index (χ0n) is 11.7. The minimum absolute atomic E-state index is 0.851. The summed E-state index contributed by atoms with van der Waals surface area (Å²) in [6.07, 6.45) is 3.01. The molecule has 0 aromatic rings. The molecule has 0 aliphatic rings. The summed E-state index contributed by atoms with van der Waals surface area (Å²) in [4.78, 5) is 18.4. The molecule has 6 nitrogen and oxygen atoms in total. The number of hydrogen-bond acceptors (Lipinski definition) is 6. The topological polar surface area (TPSA) is 77.4 Å². The average Bonchev–Trinajstić information content (AvgIpc) is 2.25. The maximum atomic E-state index is 8.82. The molecule has 0 aromatic heterocycles. The van der Waals surface area contributed by atoms with Gasteiger partial charge in [0.1, 0.15) is 0 Å². The molecular formula is C12H22O6. The van der Waals surface area contributed by atoms with Crippen LogP contribution in [0.15, 0.2) is 23.3 Å². The first-order valence-corrected chi connectivity index (χ1v) is 5.50. The Morgan fingerprint density at radius 3 is 1.22 bits per heavy atom. The van der Waals surface area contributed by atoms with Gasteiger partial charge in [0.15, 0.2) is 0 Å². The van der Waals surface area contributed by atoms with E-state index in [1.54, 1.807) is 27.7 Å². The van der Waals surface area contributed by atoms with Crippen molar-refractivity contribution in [3.05, 3.63) is 23.3 Å². The molecule has 2 atom stereocenters. The third-order valence-electron chi connectivity index (χ3n) is 1.84. The fourth-order valence-electron chi connectivity index (χ4n) is 1.35. The van der Waals surface area contributed by atoms with Crippen LogP contribution in [0.2, 0.25) is 0 Å². The first-order chi connectivity index (χ1) is 8.16. The van der Waals surface area contributed by atoms with E-state index in [1.165, 1.54) is 26.0 Å². The lowest BCUT2D eigenvalue weighted by Gasteiger charge is -2.27. The predicted molar refractivity (Wildman–Crippen MR) is 65.3 cm³/mol. The average molecular weight is 262 g/mol. The van der Waals surface area contributed by atoms with Gasteiger partial charge in [0.25, 0.3) is 0 Å². The molecule has 0 aromatic carbocycles. The first-order valence-electron chi connectivity index (χ1n) is 5.50. The van der Waals surface area contributed by atoms with E-state index in [-0.39, 0.29) is 0 Å². The molecule has 18 heavy (non-hydrogen) atoms. The van der Waals surface area contributed by atoms with Crippen molar-refractivity contribution in [2.45, 2.75) is 53.1 Å². The second kappa shape index (κ2) is 6.98. The summed E-state index contributed by atoms with van der Waals surface area (Å²) in [7, 11) is 0. The van der Waals surface area contributed by atoms with Crippen molar-refractivity contribution in [1.82, 2.24) is 0 Å². The largest absolute Gasteiger partial charge is 0.249 e. The first kappa shape index (κ1) is 17.2. The minimum atomic E-state index is -1.49. The summed E-state index contributed by atoms with van der Waals surface area (Å²) in [5, 5.41) is 17.6. The maximum absolute atomic E-state index is 8.82. The molecule has 0 rings (SSSR count).